The molecule has 0 atom stereocenters. The van der Waals surface area contributed by atoms with Gasteiger partial charge in [0, 0.05) is 0 Å². The van der Waals surface area contributed by atoms with Gasteiger partial charge in [-0.15, -0.1) is 0 Å². The second kappa shape index (κ2) is 5.80. The van der Waals surface area contributed by atoms with Crippen LogP contribution in [0.15, 0.2) is 36.0 Å². The zero-order valence-corrected chi connectivity index (χ0v) is 9.27. The zero-order chi connectivity index (χ0) is 12.0. The molecule has 0 bridgehead atoms. The van der Waals surface area contributed by atoms with Crippen molar-refractivity contribution in [3.8, 4) is 0 Å². The number of carbonyl (C=O) groups is 1. The van der Waals surface area contributed by atoms with Crippen molar-refractivity contribution < 1.29 is 9.53 Å². The summed E-state index contributed by atoms with van der Waals surface area (Å²) < 4.78 is 4.89. The molecule has 0 aliphatic rings. The first-order chi connectivity index (χ1) is 7.66. The number of benzene rings is 1. The van der Waals surface area contributed by atoms with Crippen LogP contribution in [-0.4, -0.2) is 12.6 Å². The molecule has 4 nitrogen and oxygen atoms in total. The second-order valence-electron chi connectivity index (χ2n) is 3.33. The lowest BCUT2D eigenvalue weighted by Crippen LogP contribution is -2.20. The van der Waals surface area contributed by atoms with E-state index in [1.165, 1.54) is 0 Å². The van der Waals surface area contributed by atoms with Crippen LogP contribution in [0.4, 0.5) is 0 Å². The molecular weight excluding hydrogens is 204 g/mol. The van der Waals surface area contributed by atoms with E-state index in [-0.39, 0.29) is 11.4 Å². The summed E-state index contributed by atoms with van der Waals surface area (Å²) in [5.74, 6) is -0.566. The minimum atomic E-state index is -0.566. The summed E-state index contributed by atoms with van der Waals surface area (Å²) in [6.07, 6.45) is 0.754. The Morgan fingerprint density at radius 1 is 1.25 bits per heavy atom. The summed E-state index contributed by atoms with van der Waals surface area (Å²) in [5, 5.41) is 0. The molecule has 0 radical (unpaired) electrons. The van der Waals surface area contributed by atoms with Gasteiger partial charge in [-0.25, -0.2) is 4.79 Å². The fraction of sp³-hybridized carbons (Fsp3) is 0.250. The van der Waals surface area contributed by atoms with Gasteiger partial charge in [-0.05, 0) is 12.0 Å². The van der Waals surface area contributed by atoms with Crippen LogP contribution in [0, 0.1) is 0 Å². The molecule has 0 unspecified atom stereocenters. The van der Waals surface area contributed by atoms with Gasteiger partial charge in [0.1, 0.15) is 5.70 Å². The van der Waals surface area contributed by atoms with E-state index in [2.05, 4.69) is 0 Å². The van der Waals surface area contributed by atoms with E-state index in [9.17, 15) is 4.79 Å². The van der Waals surface area contributed by atoms with E-state index in [4.69, 9.17) is 16.2 Å². The third-order valence-electron chi connectivity index (χ3n) is 2.03. The highest BCUT2D eigenvalue weighted by atomic mass is 16.5. The lowest BCUT2D eigenvalue weighted by molar-refractivity contribution is -0.139. The standard InChI is InChI=1S/C12H16N2O2/c1-2-8-16-12(15)11(14)10(13)9-6-4-3-5-7-9/h3-7H,2,8,13-14H2,1H3. The lowest BCUT2D eigenvalue weighted by atomic mass is 10.1. The summed E-state index contributed by atoms with van der Waals surface area (Å²) in [4.78, 5) is 11.4. The molecule has 0 saturated heterocycles. The molecule has 0 fully saturated rings. The molecule has 4 N–H and O–H groups in total. The SMILES string of the molecule is CCCOC(=O)C(N)=C(N)c1ccccc1. The second-order valence-corrected chi connectivity index (χ2v) is 3.33. The summed E-state index contributed by atoms with van der Waals surface area (Å²) in [7, 11) is 0. The molecule has 0 aliphatic heterocycles. The van der Waals surface area contributed by atoms with Crippen LogP contribution in [-0.2, 0) is 9.53 Å². The maximum atomic E-state index is 11.4. The molecule has 4 heteroatoms. The van der Waals surface area contributed by atoms with Crippen molar-refractivity contribution in [2.24, 2.45) is 11.5 Å². The highest BCUT2D eigenvalue weighted by Crippen LogP contribution is 2.10. The third-order valence-corrected chi connectivity index (χ3v) is 2.03. The summed E-state index contributed by atoms with van der Waals surface area (Å²) in [6, 6.07) is 9.09. The Kier molecular flexibility index (Phi) is 4.39. The van der Waals surface area contributed by atoms with Crippen molar-refractivity contribution in [2.75, 3.05) is 6.61 Å². The first kappa shape index (κ1) is 12.1. The molecule has 16 heavy (non-hydrogen) atoms. The molecule has 1 aromatic rings. The minimum absolute atomic E-state index is 0.0420. The summed E-state index contributed by atoms with van der Waals surface area (Å²) in [5.41, 5.74) is 12.3. The van der Waals surface area contributed by atoms with Gasteiger partial charge in [-0.1, -0.05) is 37.3 Å². The number of carbonyl (C=O) groups excluding carboxylic acids is 1. The Morgan fingerprint density at radius 2 is 1.88 bits per heavy atom. The van der Waals surface area contributed by atoms with Crippen molar-refractivity contribution in [2.45, 2.75) is 13.3 Å². The maximum absolute atomic E-state index is 11.4. The predicted octanol–water partition coefficient (Wildman–Crippen LogP) is 1.23. The van der Waals surface area contributed by atoms with E-state index in [0.29, 0.717) is 12.2 Å². The average Bonchev–Trinajstić information content (AvgIpc) is 2.35. The minimum Gasteiger partial charge on any atom is -0.461 e. The van der Waals surface area contributed by atoms with Gasteiger partial charge in [-0.2, -0.15) is 0 Å². The van der Waals surface area contributed by atoms with Gasteiger partial charge in [0.25, 0.3) is 0 Å². The van der Waals surface area contributed by atoms with Crippen LogP contribution in [0.25, 0.3) is 5.70 Å². The van der Waals surface area contributed by atoms with Gasteiger partial charge in [0.05, 0.1) is 12.3 Å². The van der Waals surface area contributed by atoms with Crippen LogP contribution in [0.2, 0.25) is 0 Å². The highest BCUT2D eigenvalue weighted by molar-refractivity contribution is 5.95. The lowest BCUT2D eigenvalue weighted by Gasteiger charge is -2.07. The van der Waals surface area contributed by atoms with Crippen LogP contribution in [0.5, 0.6) is 0 Å². The van der Waals surface area contributed by atoms with E-state index >= 15 is 0 Å². The van der Waals surface area contributed by atoms with Crippen molar-refractivity contribution in [3.63, 3.8) is 0 Å². The maximum Gasteiger partial charge on any atom is 0.356 e. The number of esters is 1. The largest absolute Gasteiger partial charge is 0.461 e. The number of rotatable bonds is 4. The number of ether oxygens (including phenoxy) is 1. The molecule has 0 aliphatic carbocycles. The van der Waals surface area contributed by atoms with Crippen LogP contribution in [0.3, 0.4) is 0 Å². The Hall–Kier alpha value is -1.97. The van der Waals surface area contributed by atoms with Gasteiger partial charge in [0.2, 0.25) is 0 Å². The molecule has 1 rings (SSSR count). The smallest absolute Gasteiger partial charge is 0.356 e. The molecule has 0 spiro atoms. The van der Waals surface area contributed by atoms with Crippen molar-refractivity contribution in [1.82, 2.24) is 0 Å². The van der Waals surface area contributed by atoms with Crippen LogP contribution < -0.4 is 11.5 Å². The summed E-state index contributed by atoms with van der Waals surface area (Å²) >= 11 is 0. The summed E-state index contributed by atoms with van der Waals surface area (Å²) in [6.45, 7) is 2.26. The highest BCUT2D eigenvalue weighted by Gasteiger charge is 2.11. The first-order valence-electron chi connectivity index (χ1n) is 5.14. The Bertz CT molecular complexity index is 385. The Morgan fingerprint density at radius 3 is 2.44 bits per heavy atom. The fourth-order valence-corrected chi connectivity index (χ4v) is 1.16. The van der Waals surface area contributed by atoms with E-state index in [0.717, 1.165) is 6.42 Å². The molecule has 0 heterocycles. The molecule has 86 valence electrons. The van der Waals surface area contributed by atoms with Gasteiger partial charge in [-0.3, -0.25) is 0 Å². The van der Waals surface area contributed by atoms with E-state index in [1.54, 1.807) is 12.1 Å². The average molecular weight is 220 g/mol. The number of hydrogen-bond acceptors (Lipinski definition) is 4. The van der Waals surface area contributed by atoms with Crippen LogP contribution >= 0.6 is 0 Å². The third kappa shape index (κ3) is 3.02. The molecule has 1 aromatic carbocycles. The first-order valence-corrected chi connectivity index (χ1v) is 5.14. The molecule has 0 saturated carbocycles. The van der Waals surface area contributed by atoms with E-state index < -0.39 is 5.97 Å². The molecular formula is C12H16N2O2. The normalized spacial score (nSPS) is 11.8. The van der Waals surface area contributed by atoms with Crippen molar-refractivity contribution in [1.29, 1.82) is 0 Å². The van der Waals surface area contributed by atoms with Crippen molar-refractivity contribution >= 4 is 11.7 Å². The fourth-order valence-electron chi connectivity index (χ4n) is 1.16. The molecule has 0 aromatic heterocycles. The Labute approximate surface area is 94.9 Å². The number of nitrogens with two attached hydrogens (primary N) is 2. The monoisotopic (exact) mass is 220 g/mol. The Balaban J connectivity index is 2.84. The topological polar surface area (TPSA) is 78.3 Å². The number of hydrogen-bond donors (Lipinski definition) is 2. The van der Waals surface area contributed by atoms with Crippen LogP contribution in [0.1, 0.15) is 18.9 Å². The molecule has 0 amide bonds. The zero-order valence-electron chi connectivity index (χ0n) is 9.27. The van der Waals surface area contributed by atoms with Gasteiger partial charge >= 0.3 is 5.97 Å². The van der Waals surface area contributed by atoms with E-state index in [1.807, 2.05) is 25.1 Å². The quantitative estimate of drug-likeness (QED) is 0.591. The van der Waals surface area contributed by atoms with Crippen molar-refractivity contribution in [3.05, 3.63) is 41.6 Å². The van der Waals surface area contributed by atoms with Gasteiger partial charge < -0.3 is 16.2 Å². The predicted molar refractivity (Wildman–Crippen MR) is 63.0 cm³/mol. The van der Waals surface area contributed by atoms with Gasteiger partial charge in [0.15, 0.2) is 0 Å².